The Labute approximate surface area is 146 Å². The first-order valence-electron chi connectivity index (χ1n) is 9.00. The molecule has 3 atom stereocenters. The Hall–Kier alpha value is -0.450. The van der Waals surface area contributed by atoms with Crippen molar-refractivity contribution in [3.05, 3.63) is 35.9 Å². The fraction of sp³-hybridized carbons (Fsp3) is 0.632. The third kappa shape index (κ3) is 2.25. The van der Waals surface area contributed by atoms with Gasteiger partial charge in [0.25, 0.3) is 0 Å². The summed E-state index contributed by atoms with van der Waals surface area (Å²) in [6.07, 6.45) is 10.7. The summed E-state index contributed by atoms with van der Waals surface area (Å²) in [6, 6.07) is 10.7. The molecule has 0 radical (unpaired) electrons. The molecule has 2 aliphatic carbocycles. The van der Waals surface area contributed by atoms with Gasteiger partial charge in [0.05, 0.1) is 6.10 Å². The zero-order chi connectivity index (χ0) is 15.3. The van der Waals surface area contributed by atoms with Crippen molar-refractivity contribution in [2.75, 3.05) is 0 Å². The minimum atomic E-state index is -0.144. The van der Waals surface area contributed by atoms with E-state index in [2.05, 4.69) is 42.1 Å². The standard InChI is InChI=1S/C19H23NOS2/c1-2-8-14(9-3-1)17-20-18(12-6-7-13-18)19(23-17)21-15-10-4-5-11-16(15)22-19/h1-3,8-9,15-16H,4-7,10-13H2/t15-,16-,19+/m0/s1. The molecule has 3 fully saturated rings. The van der Waals surface area contributed by atoms with Crippen molar-refractivity contribution in [2.45, 2.75) is 72.5 Å². The fourth-order valence-corrected chi connectivity index (χ4v) is 8.43. The summed E-state index contributed by atoms with van der Waals surface area (Å²) in [7, 11) is 0. The van der Waals surface area contributed by atoms with E-state index in [0.717, 1.165) is 0 Å². The molecule has 2 heterocycles. The fourth-order valence-electron chi connectivity index (χ4n) is 4.62. The Bertz CT molecular complexity index is 610. The molecule has 122 valence electrons. The third-order valence-corrected chi connectivity index (χ3v) is 9.26. The van der Waals surface area contributed by atoms with E-state index in [1.165, 1.54) is 62.0 Å². The topological polar surface area (TPSA) is 21.6 Å². The zero-order valence-corrected chi connectivity index (χ0v) is 15.0. The van der Waals surface area contributed by atoms with E-state index in [1.807, 2.05) is 11.8 Å². The summed E-state index contributed by atoms with van der Waals surface area (Å²) in [5, 5.41) is 1.90. The quantitative estimate of drug-likeness (QED) is 0.696. The molecule has 0 aromatic heterocycles. The summed E-state index contributed by atoms with van der Waals surface area (Å²) in [6.45, 7) is 0. The molecule has 2 aliphatic heterocycles. The molecule has 4 aliphatic rings. The van der Waals surface area contributed by atoms with E-state index in [9.17, 15) is 0 Å². The number of aliphatic imine (C=N–C) groups is 1. The van der Waals surface area contributed by atoms with Crippen molar-refractivity contribution in [3.63, 3.8) is 0 Å². The molecular formula is C19H23NOS2. The first-order valence-corrected chi connectivity index (χ1v) is 10.7. The lowest BCUT2D eigenvalue weighted by molar-refractivity contribution is -0.0124. The van der Waals surface area contributed by atoms with Gasteiger partial charge >= 0.3 is 0 Å². The number of ether oxygens (including phenoxy) is 1. The van der Waals surface area contributed by atoms with Gasteiger partial charge in [-0.1, -0.05) is 67.8 Å². The second-order valence-electron chi connectivity index (χ2n) is 7.28. The van der Waals surface area contributed by atoms with Crippen LogP contribution in [0.5, 0.6) is 0 Å². The highest BCUT2D eigenvalue weighted by atomic mass is 32.2. The maximum Gasteiger partial charge on any atom is 0.192 e. The van der Waals surface area contributed by atoms with Gasteiger partial charge < -0.3 is 4.74 Å². The number of thioether (sulfide) groups is 2. The predicted octanol–water partition coefficient (Wildman–Crippen LogP) is 5.22. The van der Waals surface area contributed by atoms with Crippen molar-refractivity contribution in [1.82, 2.24) is 0 Å². The van der Waals surface area contributed by atoms with Crippen LogP contribution in [-0.4, -0.2) is 26.2 Å². The maximum absolute atomic E-state index is 6.81. The minimum absolute atomic E-state index is 0.0187. The highest BCUT2D eigenvalue weighted by Gasteiger charge is 2.65. The van der Waals surface area contributed by atoms with E-state index in [4.69, 9.17) is 9.73 Å². The van der Waals surface area contributed by atoms with Crippen molar-refractivity contribution < 1.29 is 4.74 Å². The van der Waals surface area contributed by atoms with Gasteiger partial charge in [-0.3, -0.25) is 4.99 Å². The summed E-state index contributed by atoms with van der Waals surface area (Å²) >= 11 is 4.05. The predicted molar refractivity (Wildman–Crippen MR) is 99.2 cm³/mol. The van der Waals surface area contributed by atoms with E-state index < -0.39 is 0 Å². The van der Waals surface area contributed by atoms with Crippen LogP contribution in [0.25, 0.3) is 0 Å². The highest BCUT2D eigenvalue weighted by Crippen LogP contribution is 2.66. The molecule has 0 unspecified atom stereocenters. The van der Waals surface area contributed by atoms with E-state index >= 15 is 0 Å². The van der Waals surface area contributed by atoms with E-state index in [-0.39, 0.29) is 9.80 Å². The lowest BCUT2D eigenvalue weighted by atomic mass is 9.96. The second kappa shape index (κ2) is 5.53. The van der Waals surface area contributed by atoms with Crippen LogP contribution in [0.15, 0.2) is 35.3 Å². The average molecular weight is 346 g/mol. The SMILES string of the molecule is c1ccc(C2=NC3(CCCC3)[C@]3(O[C@H]4CCCC[C@@H]4S3)S2)cc1. The van der Waals surface area contributed by atoms with Gasteiger partial charge in [-0.05, 0) is 25.7 Å². The largest absolute Gasteiger partial charge is 0.347 e. The molecule has 1 aromatic carbocycles. The summed E-state index contributed by atoms with van der Waals surface area (Å²) in [5.41, 5.74) is 1.28. The lowest BCUT2D eigenvalue weighted by Gasteiger charge is -2.36. The number of rotatable bonds is 1. The van der Waals surface area contributed by atoms with Crippen LogP contribution in [0.2, 0.25) is 0 Å². The molecule has 0 N–H and O–H groups in total. The van der Waals surface area contributed by atoms with Gasteiger partial charge in [0.2, 0.25) is 0 Å². The second-order valence-corrected chi connectivity index (χ2v) is 10.1. The molecule has 2 spiro atoms. The molecule has 2 nitrogen and oxygen atoms in total. The van der Waals surface area contributed by atoms with Gasteiger partial charge in [0.15, 0.2) is 4.27 Å². The van der Waals surface area contributed by atoms with Gasteiger partial charge in [-0.25, -0.2) is 0 Å². The number of benzene rings is 1. The summed E-state index contributed by atoms with van der Waals surface area (Å²) in [5.74, 6) is 0. The maximum atomic E-state index is 6.81. The third-order valence-electron chi connectivity index (χ3n) is 5.82. The lowest BCUT2D eigenvalue weighted by Crippen LogP contribution is -2.43. The molecule has 0 bridgehead atoms. The van der Waals surface area contributed by atoms with Crippen LogP contribution >= 0.6 is 23.5 Å². The molecule has 23 heavy (non-hydrogen) atoms. The van der Waals surface area contributed by atoms with Crippen molar-refractivity contribution in [3.8, 4) is 0 Å². The Morgan fingerprint density at radius 2 is 1.78 bits per heavy atom. The smallest absolute Gasteiger partial charge is 0.192 e. The number of fused-ring (bicyclic) bond motifs is 2. The van der Waals surface area contributed by atoms with Crippen LogP contribution in [0.3, 0.4) is 0 Å². The van der Waals surface area contributed by atoms with Gasteiger partial charge in [-0.15, -0.1) is 11.8 Å². The van der Waals surface area contributed by atoms with Gasteiger partial charge in [0.1, 0.15) is 10.6 Å². The van der Waals surface area contributed by atoms with Gasteiger partial charge in [0, 0.05) is 10.8 Å². The molecule has 0 amide bonds. The first kappa shape index (κ1) is 14.9. The summed E-state index contributed by atoms with van der Waals surface area (Å²) in [4.78, 5) is 5.32. The summed E-state index contributed by atoms with van der Waals surface area (Å²) < 4.78 is 6.67. The van der Waals surface area contributed by atoms with Crippen LogP contribution in [0.1, 0.15) is 56.9 Å². The first-order chi connectivity index (χ1) is 11.3. The number of hydrogen-bond donors (Lipinski definition) is 0. The Balaban J connectivity index is 1.53. The molecular weight excluding hydrogens is 322 g/mol. The molecule has 1 aromatic rings. The van der Waals surface area contributed by atoms with Crippen LogP contribution < -0.4 is 0 Å². The van der Waals surface area contributed by atoms with Crippen molar-refractivity contribution in [2.24, 2.45) is 4.99 Å². The van der Waals surface area contributed by atoms with Crippen LogP contribution in [-0.2, 0) is 4.74 Å². The monoisotopic (exact) mass is 345 g/mol. The number of hydrogen-bond acceptors (Lipinski definition) is 4. The Morgan fingerprint density at radius 1 is 1.00 bits per heavy atom. The van der Waals surface area contributed by atoms with Crippen molar-refractivity contribution >= 4 is 28.6 Å². The molecule has 5 rings (SSSR count). The zero-order valence-electron chi connectivity index (χ0n) is 13.4. The Kier molecular flexibility index (Phi) is 3.57. The average Bonchev–Trinajstić information content (AvgIpc) is 3.28. The normalized spacial score (nSPS) is 38.2. The van der Waals surface area contributed by atoms with E-state index in [0.29, 0.717) is 11.4 Å². The highest BCUT2D eigenvalue weighted by molar-refractivity contribution is 8.26. The number of nitrogens with zero attached hydrogens (tertiary/aromatic N) is 1. The Morgan fingerprint density at radius 3 is 2.57 bits per heavy atom. The van der Waals surface area contributed by atoms with Crippen LogP contribution in [0.4, 0.5) is 0 Å². The van der Waals surface area contributed by atoms with Gasteiger partial charge in [-0.2, -0.15) is 0 Å². The minimum Gasteiger partial charge on any atom is -0.347 e. The van der Waals surface area contributed by atoms with E-state index in [1.54, 1.807) is 0 Å². The van der Waals surface area contributed by atoms with Crippen molar-refractivity contribution in [1.29, 1.82) is 0 Å². The molecule has 1 saturated heterocycles. The molecule has 2 saturated carbocycles. The van der Waals surface area contributed by atoms with Crippen LogP contribution in [0, 0.1) is 0 Å². The molecule has 4 heteroatoms.